The molecule has 1 N–H and O–H groups in total. The predicted octanol–water partition coefficient (Wildman–Crippen LogP) is 3.86. The summed E-state index contributed by atoms with van der Waals surface area (Å²) in [6, 6.07) is 10.6. The molecule has 2 aromatic rings. The molecule has 1 saturated heterocycles. The van der Waals surface area contributed by atoms with Gasteiger partial charge in [0.05, 0.1) is 23.5 Å². The third-order valence-electron chi connectivity index (χ3n) is 6.68. The summed E-state index contributed by atoms with van der Waals surface area (Å²) in [5.41, 5.74) is 0.807. The van der Waals surface area contributed by atoms with Crippen molar-refractivity contribution in [3.8, 4) is 0 Å². The van der Waals surface area contributed by atoms with E-state index in [4.69, 9.17) is 0 Å². The van der Waals surface area contributed by atoms with Crippen LogP contribution in [0.1, 0.15) is 36.7 Å². The van der Waals surface area contributed by atoms with Crippen LogP contribution in [0, 0.1) is 5.92 Å². The molecule has 192 valence electrons. The molecule has 2 heterocycles. The Labute approximate surface area is 207 Å². The van der Waals surface area contributed by atoms with Crippen molar-refractivity contribution < 1.29 is 27.6 Å². The minimum absolute atomic E-state index is 0.0630. The van der Waals surface area contributed by atoms with E-state index in [1.54, 1.807) is 15.9 Å². The Hall–Kier alpha value is -3.56. The number of halogens is 3. The maximum Gasteiger partial charge on any atom is 0.416 e. The first kappa shape index (κ1) is 25.5. The van der Waals surface area contributed by atoms with Crippen molar-refractivity contribution in [1.82, 2.24) is 9.80 Å². The van der Waals surface area contributed by atoms with Crippen LogP contribution in [0.3, 0.4) is 0 Å². The van der Waals surface area contributed by atoms with Crippen molar-refractivity contribution in [2.24, 2.45) is 5.92 Å². The van der Waals surface area contributed by atoms with Gasteiger partial charge in [-0.2, -0.15) is 13.2 Å². The van der Waals surface area contributed by atoms with E-state index in [0.29, 0.717) is 12.2 Å². The Bertz CT molecular complexity index is 1150. The number of alkyl halides is 3. The Morgan fingerprint density at radius 2 is 1.69 bits per heavy atom. The highest BCUT2D eigenvalue weighted by Gasteiger charge is 2.39. The molecule has 1 fully saturated rings. The number of amides is 3. The Kier molecular flexibility index (Phi) is 6.97. The summed E-state index contributed by atoms with van der Waals surface area (Å²) < 4.78 is 38.6. The van der Waals surface area contributed by atoms with E-state index >= 15 is 0 Å². The normalized spacial score (nSPS) is 19.1. The zero-order valence-electron chi connectivity index (χ0n) is 20.4. The van der Waals surface area contributed by atoms with E-state index in [2.05, 4.69) is 5.32 Å². The van der Waals surface area contributed by atoms with Gasteiger partial charge in [-0.05, 0) is 49.2 Å². The smallest absolute Gasteiger partial charge is 0.348 e. The van der Waals surface area contributed by atoms with E-state index in [-0.39, 0.29) is 54.9 Å². The van der Waals surface area contributed by atoms with Crippen LogP contribution in [-0.2, 0) is 15.8 Å². The number of piperazine rings is 1. The van der Waals surface area contributed by atoms with Gasteiger partial charge in [-0.15, -0.1) is 0 Å². The average molecular weight is 503 g/mol. The third kappa shape index (κ3) is 5.03. The molecule has 2 aromatic carbocycles. The molecule has 7 nitrogen and oxygen atoms in total. The number of anilines is 2. The minimum Gasteiger partial charge on any atom is -0.348 e. The molecule has 36 heavy (non-hydrogen) atoms. The number of rotatable bonds is 4. The summed E-state index contributed by atoms with van der Waals surface area (Å²) in [5.74, 6) is -0.764. The Balaban J connectivity index is 1.48. The maximum absolute atomic E-state index is 13.7. The fourth-order valence-corrected chi connectivity index (χ4v) is 4.90. The fraction of sp³-hybridized carbons (Fsp3) is 0.423. The van der Waals surface area contributed by atoms with Crippen LogP contribution in [0.15, 0.2) is 48.5 Å². The molecule has 0 spiro atoms. The molecule has 0 unspecified atom stereocenters. The van der Waals surface area contributed by atoms with E-state index in [9.17, 15) is 27.6 Å². The van der Waals surface area contributed by atoms with Crippen LogP contribution >= 0.6 is 0 Å². The number of nitrogens with one attached hydrogen (secondary N) is 1. The van der Waals surface area contributed by atoms with E-state index < -0.39 is 17.8 Å². The van der Waals surface area contributed by atoms with E-state index in [1.807, 2.05) is 43.9 Å². The molecule has 0 aliphatic carbocycles. The van der Waals surface area contributed by atoms with E-state index in [0.717, 1.165) is 17.8 Å². The summed E-state index contributed by atoms with van der Waals surface area (Å²) >= 11 is 0. The van der Waals surface area contributed by atoms with Gasteiger partial charge in [0.15, 0.2) is 0 Å². The van der Waals surface area contributed by atoms with Gasteiger partial charge in [-0.25, -0.2) is 0 Å². The van der Waals surface area contributed by atoms with Crippen molar-refractivity contribution in [3.05, 3.63) is 59.7 Å². The maximum atomic E-state index is 13.7. The third-order valence-corrected chi connectivity index (χ3v) is 6.68. The summed E-state index contributed by atoms with van der Waals surface area (Å²) in [6.07, 6.45) is -4.47. The van der Waals surface area contributed by atoms with Crippen LogP contribution < -0.4 is 10.2 Å². The van der Waals surface area contributed by atoms with Crippen LogP contribution in [0.25, 0.3) is 0 Å². The van der Waals surface area contributed by atoms with Crippen molar-refractivity contribution in [3.63, 3.8) is 0 Å². The monoisotopic (exact) mass is 502 g/mol. The van der Waals surface area contributed by atoms with Gasteiger partial charge in [0, 0.05) is 31.2 Å². The lowest BCUT2D eigenvalue weighted by Gasteiger charge is -2.44. The quantitative estimate of drug-likeness (QED) is 0.689. The lowest BCUT2D eigenvalue weighted by atomic mass is 9.97. The lowest BCUT2D eigenvalue weighted by Crippen LogP contribution is -2.61. The molecule has 2 atom stereocenters. The van der Waals surface area contributed by atoms with Gasteiger partial charge in [0.25, 0.3) is 5.91 Å². The minimum atomic E-state index is -4.47. The van der Waals surface area contributed by atoms with Gasteiger partial charge < -0.3 is 20.0 Å². The van der Waals surface area contributed by atoms with Crippen molar-refractivity contribution in [2.75, 3.05) is 36.4 Å². The number of fused-ring (bicyclic) bond motifs is 1. The number of hydrogen-bond acceptors (Lipinski definition) is 4. The van der Waals surface area contributed by atoms with E-state index in [1.165, 1.54) is 12.1 Å². The first-order chi connectivity index (χ1) is 17.0. The molecule has 0 aromatic heterocycles. The van der Waals surface area contributed by atoms with Gasteiger partial charge in [0.1, 0.15) is 6.04 Å². The molecule has 3 amide bonds. The zero-order valence-corrected chi connectivity index (χ0v) is 20.4. The number of hydrogen-bond donors (Lipinski definition) is 1. The van der Waals surface area contributed by atoms with Gasteiger partial charge in [-0.1, -0.05) is 26.0 Å². The molecular weight excluding hydrogens is 473 g/mol. The van der Waals surface area contributed by atoms with Crippen molar-refractivity contribution in [2.45, 2.75) is 39.0 Å². The highest BCUT2D eigenvalue weighted by molar-refractivity contribution is 6.03. The number of carbonyl (C=O) groups excluding carboxylic acids is 3. The largest absolute Gasteiger partial charge is 0.416 e. The molecule has 2 aliphatic heterocycles. The van der Waals surface area contributed by atoms with Crippen molar-refractivity contribution >= 4 is 29.1 Å². The Morgan fingerprint density at radius 1 is 1.03 bits per heavy atom. The first-order valence-electron chi connectivity index (χ1n) is 11.9. The van der Waals surface area contributed by atoms with Crippen LogP contribution in [-0.4, -0.2) is 65.8 Å². The zero-order chi connectivity index (χ0) is 26.2. The molecule has 2 aliphatic rings. The standard InChI is InChI=1S/C26H29F3N4O3/c1-16(2)23(33-15-22(34)30-20-6-4-5-7-21(20)33)25(36)31-12-13-32(17(3)14-31)24(35)18-8-10-19(11-9-18)26(27,28)29/h4-11,16-17,23H,12-15H2,1-3H3,(H,30,34)/t17-,23-/m0/s1. The number of carbonyl (C=O) groups is 3. The topological polar surface area (TPSA) is 73.0 Å². The second kappa shape index (κ2) is 9.83. The second-order valence-electron chi connectivity index (χ2n) is 9.59. The molecule has 0 saturated carbocycles. The number of benzene rings is 2. The average Bonchev–Trinajstić information content (AvgIpc) is 2.82. The second-order valence-corrected chi connectivity index (χ2v) is 9.59. The van der Waals surface area contributed by atoms with Gasteiger partial charge in [0.2, 0.25) is 11.8 Å². The highest BCUT2D eigenvalue weighted by Crippen LogP contribution is 2.33. The molecule has 0 radical (unpaired) electrons. The highest BCUT2D eigenvalue weighted by atomic mass is 19.4. The summed E-state index contributed by atoms with van der Waals surface area (Å²) in [5, 5.41) is 2.84. The molecule has 10 heteroatoms. The van der Waals surface area contributed by atoms with Crippen molar-refractivity contribution in [1.29, 1.82) is 0 Å². The molecule has 0 bridgehead atoms. The SMILES string of the molecule is CC(C)[C@@H](C(=O)N1CCN(C(=O)c2ccc(C(F)(F)F)cc2)[C@@H](C)C1)N1CC(=O)Nc2ccccc21. The number of para-hydroxylation sites is 2. The van der Waals surface area contributed by atoms with Gasteiger partial charge >= 0.3 is 6.18 Å². The lowest BCUT2D eigenvalue weighted by molar-refractivity contribution is -0.137. The summed E-state index contributed by atoms with van der Waals surface area (Å²) in [6.45, 7) is 6.59. The Morgan fingerprint density at radius 3 is 2.31 bits per heavy atom. The van der Waals surface area contributed by atoms with Gasteiger partial charge in [-0.3, -0.25) is 14.4 Å². The predicted molar refractivity (Wildman–Crippen MR) is 130 cm³/mol. The molecular formula is C26H29F3N4O3. The summed E-state index contributed by atoms with van der Waals surface area (Å²) in [7, 11) is 0. The van der Waals surface area contributed by atoms with Crippen LogP contribution in [0.5, 0.6) is 0 Å². The molecule has 4 rings (SSSR count). The van der Waals surface area contributed by atoms with Crippen LogP contribution in [0.4, 0.5) is 24.5 Å². The fourth-order valence-electron chi connectivity index (χ4n) is 4.90. The van der Waals surface area contributed by atoms with Crippen LogP contribution in [0.2, 0.25) is 0 Å². The first-order valence-corrected chi connectivity index (χ1v) is 11.9. The number of nitrogens with zero attached hydrogens (tertiary/aromatic N) is 3. The summed E-state index contributed by atoms with van der Waals surface area (Å²) in [4.78, 5) is 44.2.